The number of primary amides is 1. The van der Waals surface area contributed by atoms with Crippen LogP contribution >= 0.6 is 11.6 Å². The van der Waals surface area contributed by atoms with Gasteiger partial charge in [0.05, 0.1) is 10.6 Å². The third-order valence-electron chi connectivity index (χ3n) is 6.39. The molecule has 170 valence electrons. The number of rotatable bonds is 5. The average Bonchev–Trinajstić information content (AvgIpc) is 3.41. The number of nitrogens with two attached hydrogens (primary N) is 1. The van der Waals surface area contributed by atoms with Crippen LogP contribution in [0.2, 0.25) is 5.02 Å². The van der Waals surface area contributed by atoms with Crippen molar-refractivity contribution in [2.75, 3.05) is 25.5 Å². The van der Waals surface area contributed by atoms with Crippen molar-refractivity contribution in [3.8, 4) is 16.9 Å². The smallest absolute Gasteiger partial charge is 0.249 e. The molecule has 3 aromatic carbocycles. The van der Waals surface area contributed by atoms with Crippen molar-refractivity contribution in [2.24, 2.45) is 5.73 Å². The minimum absolute atomic E-state index is 0.0545. The Balaban J connectivity index is 1.77. The van der Waals surface area contributed by atoms with Crippen LogP contribution in [0.4, 0.5) is 14.5 Å². The second kappa shape index (κ2) is 8.01. The van der Waals surface area contributed by atoms with Crippen molar-refractivity contribution in [3.05, 3.63) is 81.4 Å². The third kappa shape index (κ3) is 3.34. The maximum atomic E-state index is 15.8. The lowest BCUT2D eigenvalue weighted by atomic mass is 9.84. The molecule has 8 heteroatoms. The number of amides is 1. The summed E-state index contributed by atoms with van der Waals surface area (Å²) < 4.78 is 37.2. The summed E-state index contributed by atoms with van der Waals surface area (Å²) in [7, 11) is 1.80. The van der Waals surface area contributed by atoms with Crippen molar-refractivity contribution in [3.63, 3.8) is 0 Å². The maximum Gasteiger partial charge on any atom is 0.249 e. The zero-order valence-corrected chi connectivity index (χ0v) is 18.7. The van der Waals surface area contributed by atoms with Gasteiger partial charge >= 0.3 is 0 Å². The zero-order valence-electron chi connectivity index (χ0n) is 17.9. The Labute approximate surface area is 194 Å². The van der Waals surface area contributed by atoms with E-state index in [0.29, 0.717) is 42.7 Å². The molecule has 0 radical (unpaired) electrons. The van der Waals surface area contributed by atoms with Crippen molar-refractivity contribution in [1.82, 2.24) is 5.32 Å². The molecule has 33 heavy (non-hydrogen) atoms. The Morgan fingerprint density at radius 1 is 1.21 bits per heavy atom. The van der Waals surface area contributed by atoms with E-state index in [-0.39, 0.29) is 27.5 Å². The van der Waals surface area contributed by atoms with Crippen molar-refractivity contribution < 1.29 is 18.3 Å². The lowest BCUT2D eigenvalue weighted by Crippen LogP contribution is -2.41. The molecule has 2 aliphatic heterocycles. The Morgan fingerprint density at radius 2 is 1.97 bits per heavy atom. The van der Waals surface area contributed by atoms with Crippen LogP contribution in [0.5, 0.6) is 5.75 Å². The third-order valence-corrected chi connectivity index (χ3v) is 6.76. The predicted octanol–water partition coefficient (Wildman–Crippen LogP) is 4.40. The molecule has 0 spiro atoms. The molecule has 4 N–H and O–H groups in total. The van der Waals surface area contributed by atoms with Gasteiger partial charge in [0, 0.05) is 53.5 Å². The number of carbonyl (C=O) groups is 1. The SMILES string of the molecule is CNC[C@@]1(c2ccccc2)Cc2c(cc(F)c(Cl)c2-c2c(C(N)=O)cc3c(c2F)CCN3)O1. The molecule has 0 bridgehead atoms. The van der Waals surface area contributed by atoms with E-state index in [4.69, 9.17) is 22.1 Å². The van der Waals surface area contributed by atoms with E-state index in [0.717, 1.165) is 5.56 Å². The maximum absolute atomic E-state index is 15.8. The van der Waals surface area contributed by atoms with Gasteiger partial charge in [0.1, 0.15) is 17.4 Å². The molecule has 0 fully saturated rings. The zero-order chi connectivity index (χ0) is 23.3. The van der Waals surface area contributed by atoms with E-state index in [2.05, 4.69) is 10.6 Å². The number of hydrogen-bond acceptors (Lipinski definition) is 4. The Morgan fingerprint density at radius 3 is 2.67 bits per heavy atom. The van der Waals surface area contributed by atoms with Crippen LogP contribution in [0.25, 0.3) is 11.1 Å². The number of halogens is 3. The van der Waals surface area contributed by atoms with Gasteiger partial charge < -0.3 is 21.1 Å². The topological polar surface area (TPSA) is 76.4 Å². The minimum Gasteiger partial charge on any atom is -0.480 e. The number of nitrogens with one attached hydrogen (secondary N) is 2. The summed E-state index contributed by atoms with van der Waals surface area (Å²) in [5.41, 5.74) is 7.10. The average molecular weight is 470 g/mol. The van der Waals surface area contributed by atoms with Crippen molar-refractivity contribution in [1.29, 1.82) is 0 Å². The minimum atomic E-state index is -0.855. The van der Waals surface area contributed by atoms with Gasteiger partial charge in [-0.15, -0.1) is 0 Å². The molecule has 0 saturated carbocycles. The first-order valence-electron chi connectivity index (χ1n) is 10.7. The van der Waals surface area contributed by atoms with E-state index >= 15 is 8.78 Å². The van der Waals surface area contributed by atoms with Gasteiger partial charge in [0.2, 0.25) is 5.91 Å². The van der Waals surface area contributed by atoms with Crippen LogP contribution in [0.15, 0.2) is 42.5 Å². The number of fused-ring (bicyclic) bond motifs is 2. The van der Waals surface area contributed by atoms with E-state index in [1.165, 1.54) is 12.1 Å². The fourth-order valence-electron chi connectivity index (χ4n) is 4.94. The number of ether oxygens (including phenoxy) is 1. The lowest BCUT2D eigenvalue weighted by molar-refractivity contribution is 0.0940. The standard InChI is InChI=1S/C25H22ClF2N3O2/c1-30-12-25(13-5-3-2-4-6-13)11-16-19(33-25)10-17(27)22(26)20(16)21-15(24(29)32)9-18-14(23(21)28)7-8-31-18/h2-6,9-10,30-31H,7-8,11-12H2,1H3,(H2,29,32)/t25-/m1/s1. The largest absolute Gasteiger partial charge is 0.480 e. The van der Waals surface area contributed by atoms with Gasteiger partial charge in [-0.1, -0.05) is 41.9 Å². The summed E-state index contributed by atoms with van der Waals surface area (Å²) in [6, 6.07) is 12.3. The highest BCUT2D eigenvalue weighted by Gasteiger charge is 2.44. The second-order valence-electron chi connectivity index (χ2n) is 8.37. The highest BCUT2D eigenvalue weighted by atomic mass is 35.5. The van der Waals surface area contributed by atoms with Crippen LogP contribution in [0.1, 0.15) is 27.0 Å². The first-order valence-corrected chi connectivity index (χ1v) is 11.0. The van der Waals surface area contributed by atoms with Crippen LogP contribution in [-0.4, -0.2) is 26.0 Å². The number of likely N-dealkylation sites (N-methyl/N-ethyl adjacent to an activating group) is 1. The monoisotopic (exact) mass is 469 g/mol. The molecule has 1 atom stereocenters. The summed E-state index contributed by atoms with van der Waals surface area (Å²) in [5, 5.41) is 5.93. The summed E-state index contributed by atoms with van der Waals surface area (Å²) in [5.74, 6) is -1.93. The Kier molecular flexibility index (Phi) is 5.26. The molecular weight excluding hydrogens is 448 g/mol. The van der Waals surface area contributed by atoms with Crippen molar-refractivity contribution >= 4 is 23.2 Å². The molecule has 3 aromatic rings. The summed E-state index contributed by atoms with van der Waals surface area (Å²) in [6.45, 7) is 0.953. The predicted molar refractivity (Wildman–Crippen MR) is 124 cm³/mol. The normalized spacial score (nSPS) is 18.4. The summed E-state index contributed by atoms with van der Waals surface area (Å²) >= 11 is 6.45. The van der Waals surface area contributed by atoms with Gasteiger partial charge in [0.25, 0.3) is 0 Å². The van der Waals surface area contributed by atoms with Crippen molar-refractivity contribution in [2.45, 2.75) is 18.4 Å². The van der Waals surface area contributed by atoms with E-state index in [9.17, 15) is 4.79 Å². The molecule has 0 aromatic heterocycles. The van der Waals surface area contributed by atoms with E-state index in [1.54, 1.807) is 7.05 Å². The first kappa shape index (κ1) is 21.7. The molecule has 0 unspecified atom stereocenters. The number of benzene rings is 3. The second-order valence-corrected chi connectivity index (χ2v) is 8.75. The fraction of sp³-hybridized carbons (Fsp3) is 0.240. The van der Waals surface area contributed by atoms with Gasteiger partial charge in [0.15, 0.2) is 5.60 Å². The van der Waals surface area contributed by atoms with Gasteiger partial charge in [-0.3, -0.25) is 4.79 Å². The number of hydrogen-bond donors (Lipinski definition) is 3. The molecule has 1 amide bonds. The van der Waals surface area contributed by atoms with E-state index in [1.807, 2.05) is 30.3 Å². The van der Waals surface area contributed by atoms with Crippen LogP contribution < -0.4 is 21.1 Å². The fourth-order valence-corrected chi connectivity index (χ4v) is 5.21. The molecule has 5 nitrogen and oxygen atoms in total. The molecule has 0 aliphatic carbocycles. The molecule has 2 heterocycles. The molecule has 5 rings (SSSR count). The van der Waals surface area contributed by atoms with Crippen LogP contribution in [0, 0.1) is 11.6 Å². The number of anilines is 1. The Bertz CT molecular complexity index is 1280. The first-order chi connectivity index (χ1) is 15.9. The highest BCUT2D eigenvalue weighted by Crippen LogP contribution is 2.50. The van der Waals surface area contributed by atoms with Gasteiger partial charge in [-0.25, -0.2) is 8.78 Å². The van der Waals surface area contributed by atoms with Gasteiger partial charge in [-0.2, -0.15) is 0 Å². The quantitative estimate of drug-likeness (QED) is 0.517. The van der Waals surface area contributed by atoms with Gasteiger partial charge in [-0.05, 0) is 25.1 Å². The van der Waals surface area contributed by atoms with Crippen LogP contribution in [-0.2, 0) is 18.4 Å². The Hall–Kier alpha value is -3.16. The summed E-state index contributed by atoms with van der Waals surface area (Å²) in [4.78, 5) is 12.3. The summed E-state index contributed by atoms with van der Waals surface area (Å²) in [6.07, 6.45) is 0.738. The highest BCUT2D eigenvalue weighted by molar-refractivity contribution is 6.34. The lowest BCUT2D eigenvalue weighted by Gasteiger charge is -2.29. The molecule has 0 saturated heterocycles. The number of carbonyl (C=O) groups excluding carboxylic acids is 1. The van der Waals surface area contributed by atoms with Crippen LogP contribution in [0.3, 0.4) is 0 Å². The van der Waals surface area contributed by atoms with E-state index < -0.39 is 23.1 Å². The molecule has 2 aliphatic rings. The molecular formula is C25H22ClF2N3O2.